The smallest absolute Gasteiger partial charge is 0.243 e. The lowest BCUT2D eigenvalue weighted by atomic mass is 10.0. The minimum atomic E-state index is -3.45. The molecule has 0 aliphatic carbocycles. The van der Waals surface area contributed by atoms with E-state index < -0.39 is 10.0 Å². The van der Waals surface area contributed by atoms with Crippen LogP contribution in [0.3, 0.4) is 0 Å². The molecule has 1 aromatic rings. The topological polar surface area (TPSA) is 63.4 Å². The molecule has 120 valence electrons. The number of nitrogens with two attached hydrogens (primary N) is 1. The Kier molecular flexibility index (Phi) is 5.83. The molecule has 0 spiro atoms. The normalized spacial score (nSPS) is 19.6. The molecule has 1 aliphatic rings. The first-order valence-electron chi connectivity index (χ1n) is 7.10. The van der Waals surface area contributed by atoms with Gasteiger partial charge in [0, 0.05) is 19.1 Å². The molecule has 0 radical (unpaired) electrons. The number of nitrogens with zero attached hydrogens (tertiary/aromatic N) is 1. The molecule has 1 unspecified atom stereocenters. The predicted octanol–water partition coefficient (Wildman–Crippen LogP) is 2.45. The Morgan fingerprint density at radius 2 is 1.71 bits per heavy atom. The summed E-state index contributed by atoms with van der Waals surface area (Å²) in [6.45, 7) is 8.68. The molecule has 0 saturated carbocycles. The number of halogens is 1. The molecular formula is C15H25ClN2O2S. The Balaban J connectivity index is 0.00000220. The molecule has 0 aromatic heterocycles. The Bertz CT molecular complexity index is 603. The van der Waals surface area contributed by atoms with Crippen molar-refractivity contribution < 1.29 is 8.42 Å². The maximum Gasteiger partial charge on any atom is 0.243 e. The molecule has 0 amide bonds. The Labute approximate surface area is 134 Å². The van der Waals surface area contributed by atoms with Crippen molar-refractivity contribution in [3.8, 4) is 0 Å². The Morgan fingerprint density at radius 3 is 2.19 bits per heavy atom. The molecule has 21 heavy (non-hydrogen) atoms. The largest absolute Gasteiger partial charge is 0.329 e. The third-order valence-corrected chi connectivity index (χ3v) is 6.69. The maximum absolute atomic E-state index is 13.0. The highest BCUT2D eigenvalue weighted by Gasteiger charge is 2.36. The second-order valence-corrected chi connectivity index (χ2v) is 7.56. The van der Waals surface area contributed by atoms with Crippen LogP contribution >= 0.6 is 12.4 Å². The Morgan fingerprint density at radius 1 is 1.19 bits per heavy atom. The van der Waals surface area contributed by atoms with Gasteiger partial charge in [-0.25, -0.2) is 8.42 Å². The zero-order chi connectivity index (χ0) is 15.1. The van der Waals surface area contributed by atoms with Gasteiger partial charge in [-0.2, -0.15) is 4.31 Å². The Hall–Kier alpha value is -0.620. The highest BCUT2D eigenvalue weighted by molar-refractivity contribution is 7.89. The second kappa shape index (κ2) is 6.65. The van der Waals surface area contributed by atoms with Gasteiger partial charge in [0.05, 0.1) is 4.90 Å². The molecule has 6 heteroatoms. The molecular weight excluding hydrogens is 308 g/mol. The molecule has 1 saturated heterocycles. The second-order valence-electron chi connectivity index (χ2n) is 5.74. The molecule has 0 bridgehead atoms. The predicted molar refractivity (Wildman–Crippen MR) is 88.6 cm³/mol. The SMILES string of the molecule is Cc1cc(C)c(C)c(S(=O)(=O)N2CCCC2CN)c1C.Cl. The highest BCUT2D eigenvalue weighted by atomic mass is 35.5. The number of benzene rings is 1. The number of rotatable bonds is 3. The average molecular weight is 333 g/mol. The van der Waals surface area contributed by atoms with E-state index in [1.807, 2.05) is 33.8 Å². The van der Waals surface area contributed by atoms with Crippen molar-refractivity contribution in [2.24, 2.45) is 5.73 Å². The van der Waals surface area contributed by atoms with Crippen LogP contribution in [0.2, 0.25) is 0 Å². The van der Waals surface area contributed by atoms with Crippen molar-refractivity contribution in [2.45, 2.75) is 51.5 Å². The fourth-order valence-corrected chi connectivity index (χ4v) is 5.33. The number of aryl methyl sites for hydroxylation is 2. The first kappa shape index (κ1) is 18.4. The molecule has 4 nitrogen and oxygen atoms in total. The van der Waals surface area contributed by atoms with E-state index >= 15 is 0 Å². The lowest BCUT2D eigenvalue weighted by molar-refractivity contribution is 0.392. The van der Waals surface area contributed by atoms with Crippen LogP contribution in [-0.4, -0.2) is 31.9 Å². The minimum absolute atomic E-state index is 0. The van der Waals surface area contributed by atoms with E-state index in [0.29, 0.717) is 18.0 Å². The van der Waals surface area contributed by atoms with E-state index in [0.717, 1.165) is 35.1 Å². The summed E-state index contributed by atoms with van der Waals surface area (Å²) in [5.41, 5.74) is 9.49. The summed E-state index contributed by atoms with van der Waals surface area (Å²) in [5.74, 6) is 0. The van der Waals surface area contributed by atoms with Gasteiger partial charge in [-0.05, 0) is 62.8 Å². The summed E-state index contributed by atoms with van der Waals surface area (Å²) in [6.07, 6.45) is 1.75. The summed E-state index contributed by atoms with van der Waals surface area (Å²) >= 11 is 0. The first-order valence-corrected chi connectivity index (χ1v) is 8.54. The van der Waals surface area contributed by atoms with Crippen LogP contribution in [0.15, 0.2) is 11.0 Å². The van der Waals surface area contributed by atoms with Crippen LogP contribution < -0.4 is 5.73 Å². The van der Waals surface area contributed by atoms with Crippen LogP contribution in [0.4, 0.5) is 0 Å². The van der Waals surface area contributed by atoms with E-state index in [9.17, 15) is 8.42 Å². The third-order valence-electron chi connectivity index (χ3n) is 4.46. The number of hydrogen-bond donors (Lipinski definition) is 1. The minimum Gasteiger partial charge on any atom is -0.329 e. The van der Waals surface area contributed by atoms with Crippen LogP contribution in [0.5, 0.6) is 0 Å². The lowest BCUT2D eigenvalue weighted by Crippen LogP contribution is -2.40. The van der Waals surface area contributed by atoms with Crippen molar-refractivity contribution in [2.75, 3.05) is 13.1 Å². The van der Waals surface area contributed by atoms with Crippen LogP contribution in [-0.2, 0) is 10.0 Å². The lowest BCUT2D eigenvalue weighted by Gasteiger charge is -2.26. The summed E-state index contributed by atoms with van der Waals surface area (Å²) < 4.78 is 27.6. The first-order chi connectivity index (χ1) is 9.30. The van der Waals surface area contributed by atoms with Gasteiger partial charge >= 0.3 is 0 Å². The van der Waals surface area contributed by atoms with Crippen LogP contribution in [0, 0.1) is 27.7 Å². The van der Waals surface area contributed by atoms with E-state index in [1.165, 1.54) is 0 Å². The van der Waals surface area contributed by atoms with E-state index in [4.69, 9.17) is 5.73 Å². The maximum atomic E-state index is 13.0. The van der Waals surface area contributed by atoms with Gasteiger partial charge in [0.15, 0.2) is 0 Å². The van der Waals surface area contributed by atoms with Gasteiger partial charge in [-0.15, -0.1) is 12.4 Å². The van der Waals surface area contributed by atoms with E-state index in [2.05, 4.69) is 0 Å². The zero-order valence-electron chi connectivity index (χ0n) is 13.1. The van der Waals surface area contributed by atoms with E-state index in [-0.39, 0.29) is 18.4 Å². The van der Waals surface area contributed by atoms with Gasteiger partial charge in [0.2, 0.25) is 10.0 Å². The third kappa shape index (κ3) is 3.11. The fourth-order valence-electron chi connectivity index (χ4n) is 3.05. The van der Waals surface area contributed by atoms with Gasteiger partial charge in [-0.1, -0.05) is 6.07 Å². The van der Waals surface area contributed by atoms with Crippen molar-refractivity contribution in [1.29, 1.82) is 0 Å². The molecule has 1 fully saturated rings. The summed E-state index contributed by atoms with van der Waals surface area (Å²) in [5, 5.41) is 0. The van der Waals surface area contributed by atoms with Crippen molar-refractivity contribution in [3.05, 3.63) is 28.3 Å². The highest BCUT2D eigenvalue weighted by Crippen LogP contribution is 2.32. The molecule has 2 rings (SSSR count). The van der Waals surface area contributed by atoms with Crippen LogP contribution in [0.1, 0.15) is 35.1 Å². The molecule has 1 atom stereocenters. The summed E-state index contributed by atoms with van der Waals surface area (Å²) in [4.78, 5) is 0.482. The number of sulfonamides is 1. The van der Waals surface area contributed by atoms with Crippen LogP contribution in [0.25, 0.3) is 0 Å². The standard InChI is InChI=1S/C15H24N2O2S.ClH/c1-10-8-11(2)13(4)15(12(10)3)20(18,19)17-7-5-6-14(17)9-16;/h8,14H,5-7,9,16H2,1-4H3;1H. The van der Waals surface area contributed by atoms with Crippen molar-refractivity contribution in [3.63, 3.8) is 0 Å². The molecule has 1 heterocycles. The van der Waals surface area contributed by atoms with Gasteiger partial charge in [0.1, 0.15) is 0 Å². The van der Waals surface area contributed by atoms with Gasteiger partial charge in [-0.3, -0.25) is 0 Å². The number of hydrogen-bond acceptors (Lipinski definition) is 3. The fraction of sp³-hybridized carbons (Fsp3) is 0.600. The molecule has 1 aliphatic heterocycles. The quantitative estimate of drug-likeness (QED) is 0.924. The van der Waals surface area contributed by atoms with Gasteiger partial charge < -0.3 is 5.73 Å². The summed E-state index contributed by atoms with van der Waals surface area (Å²) in [6, 6.07) is 1.99. The van der Waals surface area contributed by atoms with Crippen molar-refractivity contribution >= 4 is 22.4 Å². The van der Waals surface area contributed by atoms with E-state index in [1.54, 1.807) is 4.31 Å². The monoisotopic (exact) mass is 332 g/mol. The summed E-state index contributed by atoms with van der Waals surface area (Å²) in [7, 11) is -3.45. The van der Waals surface area contributed by atoms with Crippen molar-refractivity contribution in [1.82, 2.24) is 4.31 Å². The molecule has 1 aromatic carbocycles. The average Bonchev–Trinajstić information content (AvgIpc) is 2.85. The molecule has 2 N–H and O–H groups in total. The zero-order valence-corrected chi connectivity index (χ0v) is 14.8. The van der Waals surface area contributed by atoms with Gasteiger partial charge in [0.25, 0.3) is 0 Å².